The van der Waals surface area contributed by atoms with Crippen LogP contribution < -0.4 is 0 Å². The second-order valence-electron chi connectivity index (χ2n) is 5.63. The van der Waals surface area contributed by atoms with Gasteiger partial charge in [0.15, 0.2) is 0 Å². The minimum absolute atomic E-state index is 0.188. The van der Waals surface area contributed by atoms with E-state index in [4.69, 9.17) is 21.6 Å². The number of benzene rings is 1. The van der Waals surface area contributed by atoms with E-state index in [0.29, 0.717) is 5.88 Å². The predicted molar refractivity (Wildman–Crippen MR) is 81.9 cm³/mol. The molecule has 0 aliphatic carbocycles. The van der Waals surface area contributed by atoms with E-state index < -0.39 is 0 Å². The van der Waals surface area contributed by atoms with Crippen molar-refractivity contribution in [3.8, 4) is 0 Å². The topological polar surface area (TPSA) is 25.8 Å². The number of halogens is 1. The van der Waals surface area contributed by atoms with Crippen LogP contribution in [0.25, 0.3) is 10.9 Å². The van der Waals surface area contributed by atoms with Crippen LogP contribution in [0.1, 0.15) is 45.1 Å². The van der Waals surface area contributed by atoms with Crippen molar-refractivity contribution in [3.05, 3.63) is 35.8 Å². The Balaban J connectivity index is 2.56. The Hall–Kier alpha value is -1.15. The Morgan fingerprint density at radius 1 is 1.16 bits per heavy atom. The maximum Gasteiger partial charge on any atom is 0.136 e. The Bertz CT molecular complexity index is 564. The summed E-state index contributed by atoms with van der Waals surface area (Å²) in [5.74, 6) is 1.38. The van der Waals surface area contributed by atoms with Crippen molar-refractivity contribution in [2.75, 3.05) is 5.88 Å². The molecule has 2 rings (SSSR count). The lowest BCUT2D eigenvalue weighted by molar-refractivity contribution is 0.551. The normalized spacial score (nSPS) is 12.0. The summed E-state index contributed by atoms with van der Waals surface area (Å²) in [5.41, 5.74) is 1.99. The van der Waals surface area contributed by atoms with Gasteiger partial charge in [0.25, 0.3) is 0 Å². The van der Waals surface area contributed by atoms with E-state index in [2.05, 4.69) is 32.9 Å². The number of hydrogen-bond acceptors (Lipinski definition) is 2. The van der Waals surface area contributed by atoms with Crippen LogP contribution >= 0.6 is 11.6 Å². The zero-order chi connectivity index (χ0) is 13.9. The second kappa shape index (κ2) is 5.87. The molecule has 0 N–H and O–H groups in total. The molecule has 0 fully saturated rings. The van der Waals surface area contributed by atoms with Crippen molar-refractivity contribution >= 4 is 22.5 Å². The number of fused-ring (bicyclic) bond motifs is 1. The van der Waals surface area contributed by atoms with Crippen LogP contribution in [0.4, 0.5) is 0 Å². The number of unbranched alkanes of at least 4 members (excludes halogenated alkanes) is 1. The fourth-order valence-electron chi connectivity index (χ4n) is 2.04. The fraction of sp³-hybridized carbons (Fsp3) is 0.500. The first-order chi connectivity index (χ1) is 9.08. The SMILES string of the molecule is CCCCc1nc(C(C)(C)CCl)nc2ccccc12. The van der Waals surface area contributed by atoms with E-state index in [9.17, 15) is 0 Å². The van der Waals surface area contributed by atoms with E-state index in [0.717, 1.165) is 29.9 Å². The molecule has 102 valence electrons. The van der Waals surface area contributed by atoms with Gasteiger partial charge in [-0.3, -0.25) is 0 Å². The van der Waals surface area contributed by atoms with Crippen LogP contribution in [0.2, 0.25) is 0 Å². The van der Waals surface area contributed by atoms with Crippen molar-refractivity contribution in [2.24, 2.45) is 0 Å². The lowest BCUT2D eigenvalue weighted by Gasteiger charge is -2.21. The molecule has 0 unspecified atom stereocenters. The third kappa shape index (κ3) is 3.06. The minimum Gasteiger partial charge on any atom is -0.237 e. The zero-order valence-electron chi connectivity index (χ0n) is 11.9. The van der Waals surface area contributed by atoms with E-state index in [1.165, 1.54) is 11.8 Å². The summed E-state index contributed by atoms with van der Waals surface area (Å²) >= 11 is 6.06. The highest BCUT2D eigenvalue weighted by Crippen LogP contribution is 2.25. The summed E-state index contributed by atoms with van der Waals surface area (Å²) in [5, 5.41) is 1.17. The molecule has 3 heteroatoms. The highest BCUT2D eigenvalue weighted by atomic mass is 35.5. The molecule has 0 atom stereocenters. The second-order valence-corrected chi connectivity index (χ2v) is 5.90. The van der Waals surface area contributed by atoms with Crippen molar-refractivity contribution in [1.82, 2.24) is 9.97 Å². The number of aromatic nitrogens is 2. The molecule has 2 aromatic rings. The van der Waals surface area contributed by atoms with E-state index >= 15 is 0 Å². The van der Waals surface area contributed by atoms with Crippen LogP contribution in [-0.2, 0) is 11.8 Å². The van der Waals surface area contributed by atoms with Crippen molar-refractivity contribution in [3.63, 3.8) is 0 Å². The molecule has 0 radical (unpaired) electrons. The fourth-order valence-corrected chi connectivity index (χ4v) is 2.16. The van der Waals surface area contributed by atoms with Gasteiger partial charge in [-0.15, -0.1) is 11.6 Å². The third-order valence-electron chi connectivity index (χ3n) is 3.39. The van der Waals surface area contributed by atoms with Gasteiger partial charge in [-0.2, -0.15) is 0 Å². The van der Waals surface area contributed by atoms with Gasteiger partial charge in [0.1, 0.15) is 5.82 Å². The van der Waals surface area contributed by atoms with E-state index in [1.54, 1.807) is 0 Å². The average Bonchev–Trinajstić information content (AvgIpc) is 2.44. The monoisotopic (exact) mass is 276 g/mol. The number of nitrogens with zero attached hydrogens (tertiary/aromatic N) is 2. The summed E-state index contributed by atoms with van der Waals surface area (Å²) in [4.78, 5) is 9.48. The molecule has 0 saturated carbocycles. The molecule has 0 spiro atoms. The molecule has 0 saturated heterocycles. The summed E-state index contributed by atoms with van der Waals surface area (Å²) in [6, 6.07) is 8.24. The van der Waals surface area contributed by atoms with Crippen molar-refractivity contribution < 1.29 is 0 Å². The smallest absolute Gasteiger partial charge is 0.136 e. The van der Waals surface area contributed by atoms with Crippen molar-refractivity contribution in [1.29, 1.82) is 0 Å². The summed E-state index contributed by atoms with van der Waals surface area (Å²) < 4.78 is 0. The Kier molecular flexibility index (Phi) is 4.41. The predicted octanol–water partition coefficient (Wildman–Crippen LogP) is 4.49. The molecule has 1 aromatic carbocycles. The van der Waals surface area contributed by atoms with E-state index in [1.807, 2.05) is 12.1 Å². The largest absolute Gasteiger partial charge is 0.237 e. The zero-order valence-corrected chi connectivity index (χ0v) is 12.7. The molecular weight excluding hydrogens is 256 g/mol. The van der Waals surface area contributed by atoms with Crippen LogP contribution in [-0.4, -0.2) is 15.8 Å². The van der Waals surface area contributed by atoms with Crippen LogP contribution in [0.3, 0.4) is 0 Å². The van der Waals surface area contributed by atoms with Gasteiger partial charge in [0.2, 0.25) is 0 Å². The Morgan fingerprint density at radius 3 is 2.58 bits per heavy atom. The number of aryl methyl sites for hydroxylation is 1. The van der Waals surface area contributed by atoms with E-state index in [-0.39, 0.29) is 5.41 Å². The van der Waals surface area contributed by atoms with Crippen LogP contribution in [0.5, 0.6) is 0 Å². The van der Waals surface area contributed by atoms with Gasteiger partial charge in [0.05, 0.1) is 11.2 Å². The van der Waals surface area contributed by atoms with Gasteiger partial charge in [-0.25, -0.2) is 9.97 Å². The molecule has 0 aliphatic heterocycles. The highest BCUT2D eigenvalue weighted by molar-refractivity contribution is 6.18. The summed E-state index contributed by atoms with van der Waals surface area (Å²) in [6.45, 7) is 6.38. The number of hydrogen-bond donors (Lipinski definition) is 0. The van der Waals surface area contributed by atoms with Crippen LogP contribution in [0, 0.1) is 0 Å². The highest BCUT2D eigenvalue weighted by Gasteiger charge is 2.24. The van der Waals surface area contributed by atoms with Gasteiger partial charge < -0.3 is 0 Å². The molecule has 2 nitrogen and oxygen atoms in total. The molecule has 19 heavy (non-hydrogen) atoms. The first-order valence-electron chi connectivity index (χ1n) is 6.90. The molecule has 0 bridgehead atoms. The van der Waals surface area contributed by atoms with Crippen LogP contribution in [0.15, 0.2) is 24.3 Å². The average molecular weight is 277 g/mol. The quantitative estimate of drug-likeness (QED) is 0.752. The molecule has 0 amide bonds. The van der Waals surface area contributed by atoms with Gasteiger partial charge in [-0.1, -0.05) is 45.4 Å². The third-order valence-corrected chi connectivity index (χ3v) is 4.06. The standard InChI is InChI=1S/C16H21ClN2/c1-4-5-9-13-12-8-6-7-10-14(12)19-15(18-13)16(2,3)11-17/h6-8,10H,4-5,9,11H2,1-3H3. The maximum absolute atomic E-state index is 6.06. The molecule has 1 aromatic heterocycles. The maximum atomic E-state index is 6.06. The summed E-state index contributed by atoms with van der Waals surface area (Å²) in [6.07, 6.45) is 3.33. The van der Waals surface area contributed by atoms with Crippen molar-refractivity contribution in [2.45, 2.75) is 45.4 Å². The lowest BCUT2D eigenvalue weighted by atomic mass is 9.94. The van der Waals surface area contributed by atoms with Gasteiger partial charge in [-0.05, 0) is 18.9 Å². The minimum atomic E-state index is -0.188. The first kappa shape index (κ1) is 14.3. The molecule has 0 aliphatic rings. The number of rotatable bonds is 5. The molecule has 1 heterocycles. The molecular formula is C16H21ClN2. The first-order valence-corrected chi connectivity index (χ1v) is 7.44. The van der Waals surface area contributed by atoms with Gasteiger partial charge >= 0.3 is 0 Å². The Labute approximate surface area is 120 Å². The number of para-hydroxylation sites is 1. The summed E-state index contributed by atoms with van der Waals surface area (Å²) in [7, 11) is 0. The lowest BCUT2D eigenvalue weighted by Crippen LogP contribution is -2.23. The number of alkyl halides is 1. The van der Waals surface area contributed by atoms with Gasteiger partial charge in [0, 0.05) is 16.7 Å². The Morgan fingerprint density at radius 2 is 1.89 bits per heavy atom.